The van der Waals surface area contributed by atoms with Crippen LogP contribution in [-0.2, 0) is 19.6 Å². The highest BCUT2D eigenvalue weighted by atomic mass is 32.2. The van der Waals surface area contributed by atoms with Crippen LogP contribution in [0.15, 0.2) is 36.4 Å². The van der Waals surface area contributed by atoms with Crippen molar-refractivity contribution in [2.24, 2.45) is 0 Å². The summed E-state index contributed by atoms with van der Waals surface area (Å²) in [4.78, 5) is 24.9. The maximum absolute atomic E-state index is 13.0. The molecule has 0 bridgehead atoms. The van der Waals surface area contributed by atoms with E-state index < -0.39 is 27.9 Å². The molecule has 1 amide bonds. The monoisotopic (exact) mass is 434 g/mol. The third-order valence-corrected chi connectivity index (χ3v) is 5.88. The summed E-state index contributed by atoms with van der Waals surface area (Å²) >= 11 is 0. The van der Waals surface area contributed by atoms with Crippen LogP contribution in [0, 0.1) is 13.8 Å². The van der Waals surface area contributed by atoms with Crippen molar-refractivity contribution >= 4 is 33.3 Å². The smallest absolute Gasteiger partial charge is 0.338 e. The van der Waals surface area contributed by atoms with Crippen LogP contribution >= 0.6 is 0 Å². The van der Waals surface area contributed by atoms with Crippen LogP contribution in [0.1, 0.15) is 28.4 Å². The minimum Gasteiger partial charge on any atom is -0.495 e. The fourth-order valence-electron chi connectivity index (χ4n) is 3.09. The molecule has 0 aliphatic heterocycles. The van der Waals surface area contributed by atoms with Gasteiger partial charge in [-0.05, 0) is 56.2 Å². The average molecular weight is 435 g/mol. The van der Waals surface area contributed by atoms with E-state index >= 15 is 0 Å². The number of esters is 1. The number of nitrogens with zero attached hydrogens (tertiary/aromatic N) is 1. The van der Waals surface area contributed by atoms with Crippen molar-refractivity contribution in [3.05, 3.63) is 53.1 Å². The Labute approximate surface area is 176 Å². The van der Waals surface area contributed by atoms with E-state index in [2.05, 4.69) is 5.32 Å². The normalized spacial score (nSPS) is 12.1. The molecule has 1 unspecified atom stereocenters. The molecule has 8 nitrogen and oxygen atoms in total. The lowest BCUT2D eigenvalue weighted by molar-refractivity contribution is -0.116. The Morgan fingerprint density at radius 3 is 2.33 bits per heavy atom. The minimum atomic E-state index is -3.82. The molecule has 1 atom stereocenters. The molecule has 0 radical (unpaired) electrons. The van der Waals surface area contributed by atoms with Crippen LogP contribution in [0.3, 0.4) is 0 Å². The van der Waals surface area contributed by atoms with Crippen LogP contribution in [0.4, 0.5) is 11.4 Å². The first-order valence-corrected chi connectivity index (χ1v) is 11.0. The van der Waals surface area contributed by atoms with Gasteiger partial charge < -0.3 is 14.8 Å². The predicted octanol–water partition coefficient (Wildman–Crippen LogP) is 2.89. The van der Waals surface area contributed by atoms with Crippen LogP contribution in [0.25, 0.3) is 0 Å². The largest absolute Gasteiger partial charge is 0.495 e. The number of rotatable bonds is 7. The van der Waals surface area contributed by atoms with Gasteiger partial charge in [-0.15, -0.1) is 0 Å². The van der Waals surface area contributed by atoms with Gasteiger partial charge in [0.1, 0.15) is 11.8 Å². The summed E-state index contributed by atoms with van der Waals surface area (Å²) in [6.07, 6.45) is 1.03. The Morgan fingerprint density at radius 1 is 1.10 bits per heavy atom. The van der Waals surface area contributed by atoms with E-state index in [0.717, 1.165) is 16.1 Å². The highest BCUT2D eigenvalue weighted by Gasteiger charge is 2.31. The van der Waals surface area contributed by atoms with Gasteiger partial charge in [0.25, 0.3) is 0 Å². The number of carbonyl (C=O) groups is 2. The lowest BCUT2D eigenvalue weighted by Crippen LogP contribution is -2.45. The molecule has 0 spiro atoms. The first-order valence-electron chi connectivity index (χ1n) is 9.14. The Bertz CT molecular complexity index is 1070. The highest BCUT2D eigenvalue weighted by molar-refractivity contribution is 7.92. The Balaban J connectivity index is 2.44. The third-order valence-electron chi connectivity index (χ3n) is 4.66. The Morgan fingerprint density at radius 2 is 1.77 bits per heavy atom. The Hall–Kier alpha value is -3.07. The summed E-state index contributed by atoms with van der Waals surface area (Å²) in [6, 6.07) is 8.82. The Kier molecular flexibility index (Phi) is 7.09. The summed E-state index contributed by atoms with van der Waals surface area (Å²) < 4.78 is 36.3. The molecule has 9 heteroatoms. The van der Waals surface area contributed by atoms with E-state index in [9.17, 15) is 18.0 Å². The summed E-state index contributed by atoms with van der Waals surface area (Å²) in [7, 11) is -1.12. The maximum Gasteiger partial charge on any atom is 0.338 e. The van der Waals surface area contributed by atoms with Gasteiger partial charge in [-0.1, -0.05) is 12.1 Å². The zero-order valence-corrected chi connectivity index (χ0v) is 18.7. The molecule has 162 valence electrons. The predicted molar refractivity (Wildman–Crippen MR) is 116 cm³/mol. The SMILES string of the molecule is COC(=O)c1cccc(NC(=O)C(C)N(c2cc(C)ccc2OC)S(C)(=O)=O)c1C. The number of hydrogen-bond acceptors (Lipinski definition) is 6. The van der Waals surface area contributed by atoms with Gasteiger partial charge in [0, 0.05) is 5.69 Å². The van der Waals surface area contributed by atoms with Crippen LogP contribution in [0.2, 0.25) is 0 Å². The second-order valence-corrected chi connectivity index (χ2v) is 8.73. The van der Waals surface area contributed by atoms with Gasteiger partial charge in [0.05, 0.1) is 31.7 Å². The number of nitrogens with one attached hydrogen (secondary N) is 1. The zero-order valence-electron chi connectivity index (χ0n) is 17.8. The lowest BCUT2D eigenvalue weighted by atomic mass is 10.1. The quantitative estimate of drug-likeness (QED) is 0.673. The van der Waals surface area contributed by atoms with E-state index in [1.165, 1.54) is 21.1 Å². The van der Waals surface area contributed by atoms with Gasteiger partial charge in [0.15, 0.2) is 0 Å². The molecule has 1 N–H and O–H groups in total. The first-order chi connectivity index (χ1) is 14.0. The average Bonchev–Trinajstić information content (AvgIpc) is 2.68. The third kappa shape index (κ3) is 4.91. The number of carbonyl (C=O) groups excluding carboxylic acids is 2. The van der Waals surface area contributed by atoms with Crippen molar-refractivity contribution < 1.29 is 27.5 Å². The number of ether oxygens (including phenoxy) is 2. The molecular weight excluding hydrogens is 408 g/mol. The van der Waals surface area contributed by atoms with Crippen molar-refractivity contribution in [1.82, 2.24) is 0 Å². The summed E-state index contributed by atoms with van der Waals surface area (Å²) in [5.41, 5.74) is 2.29. The van der Waals surface area contributed by atoms with Crippen LogP contribution in [0.5, 0.6) is 5.75 Å². The molecule has 0 saturated heterocycles. The molecule has 2 aromatic rings. The van der Waals surface area contributed by atoms with Gasteiger partial charge >= 0.3 is 5.97 Å². The van der Waals surface area contributed by atoms with Crippen LogP contribution in [-0.4, -0.2) is 46.8 Å². The maximum atomic E-state index is 13.0. The fourth-order valence-corrected chi connectivity index (χ4v) is 4.26. The number of methoxy groups -OCH3 is 2. The summed E-state index contributed by atoms with van der Waals surface area (Å²) in [5, 5.41) is 2.71. The molecule has 0 fully saturated rings. The second kappa shape index (κ2) is 9.17. The topological polar surface area (TPSA) is 102 Å². The first kappa shape index (κ1) is 23.2. The molecular formula is C21H26N2O6S. The van der Waals surface area contributed by atoms with Gasteiger partial charge in [-0.25, -0.2) is 13.2 Å². The second-order valence-electron chi connectivity index (χ2n) is 6.87. The zero-order chi connectivity index (χ0) is 22.6. The highest BCUT2D eigenvalue weighted by Crippen LogP contribution is 2.33. The number of benzene rings is 2. The van der Waals surface area contributed by atoms with Gasteiger partial charge in [-0.3, -0.25) is 9.10 Å². The molecule has 2 aromatic carbocycles. The van der Waals surface area contributed by atoms with Crippen molar-refractivity contribution in [2.75, 3.05) is 30.1 Å². The number of sulfonamides is 1. The van der Waals surface area contributed by atoms with E-state index in [-0.39, 0.29) is 5.69 Å². The van der Waals surface area contributed by atoms with E-state index in [4.69, 9.17) is 9.47 Å². The number of hydrogen-bond donors (Lipinski definition) is 1. The molecule has 30 heavy (non-hydrogen) atoms. The lowest BCUT2D eigenvalue weighted by Gasteiger charge is -2.29. The van der Waals surface area contributed by atoms with Crippen LogP contribution < -0.4 is 14.4 Å². The minimum absolute atomic E-state index is 0.266. The van der Waals surface area contributed by atoms with E-state index in [1.807, 2.05) is 6.92 Å². The summed E-state index contributed by atoms with van der Waals surface area (Å²) in [6.45, 7) is 4.97. The van der Waals surface area contributed by atoms with E-state index in [0.29, 0.717) is 22.6 Å². The molecule has 0 aliphatic rings. The standard InChI is InChI=1S/C21H26N2O6S/c1-13-10-11-19(28-4)18(12-13)23(30(6,26)27)15(3)20(24)22-17-9-7-8-16(14(17)2)21(25)29-5/h7-12,15H,1-6H3,(H,22,24). The molecule has 2 rings (SSSR count). The van der Waals surface area contributed by atoms with Gasteiger partial charge in [-0.2, -0.15) is 0 Å². The number of aryl methyl sites for hydroxylation is 1. The van der Waals surface area contributed by atoms with E-state index in [1.54, 1.807) is 43.3 Å². The molecule has 0 saturated carbocycles. The fraction of sp³-hybridized carbons (Fsp3) is 0.333. The van der Waals surface area contributed by atoms with Crippen molar-refractivity contribution in [3.63, 3.8) is 0 Å². The van der Waals surface area contributed by atoms with Crippen molar-refractivity contribution in [1.29, 1.82) is 0 Å². The molecule has 0 aliphatic carbocycles. The van der Waals surface area contributed by atoms with Gasteiger partial charge in [0.2, 0.25) is 15.9 Å². The van der Waals surface area contributed by atoms with Crippen molar-refractivity contribution in [3.8, 4) is 5.75 Å². The molecule has 0 heterocycles. The number of anilines is 2. The number of amides is 1. The van der Waals surface area contributed by atoms with Crippen molar-refractivity contribution in [2.45, 2.75) is 26.8 Å². The molecule has 0 aromatic heterocycles. The summed E-state index contributed by atoms with van der Waals surface area (Å²) in [5.74, 6) is -0.762.